The molecule has 0 bridgehead atoms. The van der Waals surface area contributed by atoms with Crippen LogP contribution in [-0.4, -0.2) is 68.9 Å². The quantitative estimate of drug-likeness (QED) is 0.500. The van der Waals surface area contributed by atoms with Gasteiger partial charge in [-0.15, -0.1) is 0 Å². The Morgan fingerprint density at radius 3 is 2.00 bits per heavy atom. The van der Waals surface area contributed by atoms with Gasteiger partial charge in [-0.2, -0.15) is 0 Å². The molecule has 0 atom stereocenters. The van der Waals surface area contributed by atoms with Crippen molar-refractivity contribution >= 4 is 0 Å². The van der Waals surface area contributed by atoms with E-state index in [-0.39, 0.29) is 0 Å². The highest BCUT2D eigenvalue weighted by Crippen LogP contribution is 2.18. The van der Waals surface area contributed by atoms with Crippen molar-refractivity contribution in [2.75, 3.05) is 59.5 Å². The molecule has 0 radical (unpaired) electrons. The molecule has 1 aliphatic heterocycles. The van der Waals surface area contributed by atoms with Crippen molar-refractivity contribution in [1.82, 2.24) is 4.90 Å². The molecule has 1 heterocycles. The van der Waals surface area contributed by atoms with Gasteiger partial charge < -0.3 is 18.9 Å². The number of ether oxygens (including phenoxy) is 2. The SMILES string of the molecule is CCCCOc1ccc(OCC[N+]2(C)CCCN(CC)CCC2)cc1. The number of unbranched alkanes of at least 4 members (excludes halogenated alkanes) is 1. The monoisotopic (exact) mass is 349 g/mol. The summed E-state index contributed by atoms with van der Waals surface area (Å²) in [5.41, 5.74) is 0. The molecule has 0 N–H and O–H groups in total. The third kappa shape index (κ3) is 7.25. The minimum Gasteiger partial charge on any atom is -0.494 e. The van der Waals surface area contributed by atoms with E-state index in [0.29, 0.717) is 0 Å². The van der Waals surface area contributed by atoms with Gasteiger partial charge in [0.2, 0.25) is 0 Å². The summed E-state index contributed by atoms with van der Waals surface area (Å²) in [5.74, 6) is 1.88. The Morgan fingerprint density at radius 2 is 1.48 bits per heavy atom. The lowest BCUT2D eigenvalue weighted by Gasteiger charge is -2.38. The van der Waals surface area contributed by atoms with E-state index in [9.17, 15) is 0 Å². The highest BCUT2D eigenvalue weighted by atomic mass is 16.5. The summed E-state index contributed by atoms with van der Waals surface area (Å²) in [5, 5.41) is 0. The van der Waals surface area contributed by atoms with Crippen LogP contribution in [0.2, 0.25) is 0 Å². The fourth-order valence-electron chi connectivity index (χ4n) is 3.47. The topological polar surface area (TPSA) is 21.7 Å². The smallest absolute Gasteiger partial charge is 0.137 e. The van der Waals surface area contributed by atoms with Gasteiger partial charge in [-0.25, -0.2) is 0 Å². The molecule has 0 spiro atoms. The van der Waals surface area contributed by atoms with E-state index in [4.69, 9.17) is 9.47 Å². The minimum atomic E-state index is 0.782. The molecular formula is C21H37N2O2+. The summed E-state index contributed by atoms with van der Waals surface area (Å²) in [7, 11) is 2.38. The second kappa shape index (κ2) is 10.7. The number of rotatable bonds is 9. The molecule has 2 rings (SSSR count). The van der Waals surface area contributed by atoms with E-state index in [0.717, 1.165) is 48.6 Å². The Morgan fingerprint density at radius 1 is 0.920 bits per heavy atom. The number of quaternary nitrogens is 1. The zero-order valence-corrected chi connectivity index (χ0v) is 16.5. The first-order valence-corrected chi connectivity index (χ1v) is 10.1. The van der Waals surface area contributed by atoms with Gasteiger partial charge >= 0.3 is 0 Å². The highest BCUT2D eigenvalue weighted by Gasteiger charge is 2.23. The molecule has 0 saturated carbocycles. The fourth-order valence-corrected chi connectivity index (χ4v) is 3.47. The molecule has 1 saturated heterocycles. The van der Waals surface area contributed by atoms with Crippen LogP contribution in [-0.2, 0) is 0 Å². The first-order valence-electron chi connectivity index (χ1n) is 10.1. The van der Waals surface area contributed by atoms with E-state index >= 15 is 0 Å². The summed E-state index contributed by atoms with van der Waals surface area (Å²) in [6.07, 6.45) is 4.84. The Bertz CT molecular complexity index is 465. The maximum Gasteiger partial charge on any atom is 0.137 e. The molecule has 4 nitrogen and oxygen atoms in total. The Labute approximate surface area is 154 Å². The van der Waals surface area contributed by atoms with Crippen molar-refractivity contribution in [3.63, 3.8) is 0 Å². The predicted molar refractivity (Wildman–Crippen MR) is 104 cm³/mol. The molecule has 25 heavy (non-hydrogen) atoms. The Balaban J connectivity index is 1.72. The van der Waals surface area contributed by atoms with Gasteiger partial charge in [0.05, 0.1) is 26.7 Å². The van der Waals surface area contributed by atoms with E-state index in [2.05, 4.69) is 25.8 Å². The number of benzene rings is 1. The normalized spacial score (nSPS) is 18.4. The second-order valence-electron chi connectivity index (χ2n) is 7.45. The average Bonchev–Trinajstić information content (AvgIpc) is 2.60. The van der Waals surface area contributed by atoms with Crippen LogP contribution < -0.4 is 9.47 Å². The van der Waals surface area contributed by atoms with Crippen molar-refractivity contribution in [3.8, 4) is 11.5 Å². The molecule has 142 valence electrons. The average molecular weight is 350 g/mol. The van der Waals surface area contributed by atoms with Crippen molar-refractivity contribution in [3.05, 3.63) is 24.3 Å². The molecule has 1 aromatic rings. The molecule has 1 aromatic carbocycles. The molecule has 1 aliphatic rings. The molecule has 0 unspecified atom stereocenters. The van der Waals surface area contributed by atoms with Crippen LogP contribution in [0.5, 0.6) is 11.5 Å². The van der Waals surface area contributed by atoms with Crippen LogP contribution >= 0.6 is 0 Å². The van der Waals surface area contributed by atoms with Crippen LogP contribution in [0.15, 0.2) is 24.3 Å². The van der Waals surface area contributed by atoms with Gasteiger partial charge in [0.1, 0.15) is 24.7 Å². The second-order valence-corrected chi connectivity index (χ2v) is 7.45. The zero-order valence-electron chi connectivity index (χ0n) is 16.5. The lowest BCUT2D eigenvalue weighted by molar-refractivity contribution is -0.910. The minimum absolute atomic E-state index is 0.782. The Kier molecular flexibility index (Phi) is 8.56. The molecule has 0 aromatic heterocycles. The number of nitrogens with zero attached hydrogens (tertiary/aromatic N) is 2. The highest BCUT2D eigenvalue weighted by molar-refractivity contribution is 5.31. The van der Waals surface area contributed by atoms with Crippen molar-refractivity contribution < 1.29 is 14.0 Å². The van der Waals surface area contributed by atoms with E-state index in [1.807, 2.05) is 24.3 Å². The molecule has 4 heteroatoms. The van der Waals surface area contributed by atoms with Gasteiger partial charge in [0.15, 0.2) is 0 Å². The predicted octanol–water partition coefficient (Wildman–Crippen LogP) is 3.81. The van der Waals surface area contributed by atoms with E-state index in [1.54, 1.807) is 0 Å². The van der Waals surface area contributed by atoms with Crippen molar-refractivity contribution in [2.45, 2.75) is 39.5 Å². The largest absolute Gasteiger partial charge is 0.494 e. The number of likely N-dealkylation sites (N-methyl/N-ethyl adjacent to an activating group) is 1. The van der Waals surface area contributed by atoms with Gasteiger partial charge in [-0.3, -0.25) is 0 Å². The first kappa shape index (κ1) is 20.1. The van der Waals surface area contributed by atoms with Gasteiger partial charge in [0, 0.05) is 25.9 Å². The van der Waals surface area contributed by atoms with E-state index < -0.39 is 0 Å². The number of hydrogen-bond donors (Lipinski definition) is 0. The summed E-state index contributed by atoms with van der Waals surface area (Å²) < 4.78 is 12.8. The summed E-state index contributed by atoms with van der Waals surface area (Å²) in [6, 6.07) is 8.06. The molecule has 0 aliphatic carbocycles. The molecule has 1 fully saturated rings. The van der Waals surface area contributed by atoms with Gasteiger partial charge in [0.25, 0.3) is 0 Å². The standard InChI is InChI=1S/C21H37N2O2/c1-4-6-18-24-20-9-11-21(12-10-20)25-19-17-23(3)15-7-13-22(5-2)14-8-16-23/h9-12H,4-8,13-19H2,1-3H3/q+1. The Hall–Kier alpha value is -1.26. The maximum atomic E-state index is 5.99. The fraction of sp³-hybridized carbons (Fsp3) is 0.714. The van der Waals surface area contributed by atoms with Crippen molar-refractivity contribution in [1.29, 1.82) is 0 Å². The van der Waals surface area contributed by atoms with Crippen LogP contribution in [0.4, 0.5) is 0 Å². The van der Waals surface area contributed by atoms with Gasteiger partial charge in [-0.1, -0.05) is 20.3 Å². The summed E-state index contributed by atoms with van der Waals surface area (Å²) in [6.45, 7) is 13.3. The van der Waals surface area contributed by atoms with Crippen LogP contribution in [0, 0.1) is 0 Å². The van der Waals surface area contributed by atoms with Crippen molar-refractivity contribution in [2.24, 2.45) is 0 Å². The maximum absolute atomic E-state index is 5.99. The van der Waals surface area contributed by atoms with Gasteiger partial charge in [-0.05, 0) is 37.2 Å². The summed E-state index contributed by atoms with van der Waals surface area (Å²) in [4.78, 5) is 2.57. The third-order valence-corrected chi connectivity index (χ3v) is 5.28. The molecular weight excluding hydrogens is 312 g/mol. The van der Waals surface area contributed by atoms with E-state index in [1.165, 1.54) is 45.6 Å². The summed E-state index contributed by atoms with van der Waals surface area (Å²) >= 11 is 0. The van der Waals surface area contributed by atoms with Crippen LogP contribution in [0.1, 0.15) is 39.5 Å². The number of hydrogen-bond acceptors (Lipinski definition) is 3. The molecule has 0 amide bonds. The lowest BCUT2D eigenvalue weighted by Crippen LogP contribution is -2.51. The zero-order chi connectivity index (χ0) is 18.0. The lowest BCUT2D eigenvalue weighted by atomic mass is 10.2. The third-order valence-electron chi connectivity index (χ3n) is 5.28. The van der Waals surface area contributed by atoms with Crippen LogP contribution in [0.25, 0.3) is 0 Å². The first-order chi connectivity index (χ1) is 12.1. The van der Waals surface area contributed by atoms with Crippen LogP contribution in [0.3, 0.4) is 0 Å².